The van der Waals surface area contributed by atoms with E-state index < -0.39 is 26.9 Å². The van der Waals surface area contributed by atoms with Crippen LogP contribution in [0.2, 0.25) is 0 Å². The van der Waals surface area contributed by atoms with Gasteiger partial charge in [-0.3, -0.25) is 19.2 Å². The highest BCUT2D eigenvalue weighted by atomic mass is 32.2. The number of carbonyl (C=O) groups excluding carboxylic acids is 1. The van der Waals surface area contributed by atoms with Crippen molar-refractivity contribution in [3.63, 3.8) is 0 Å². The summed E-state index contributed by atoms with van der Waals surface area (Å²) in [6, 6.07) is 8.34. The number of sulfonamides is 1. The Labute approximate surface area is 164 Å². The van der Waals surface area contributed by atoms with Crippen molar-refractivity contribution in [1.29, 1.82) is 0 Å². The molecule has 1 amide bonds. The summed E-state index contributed by atoms with van der Waals surface area (Å²) < 4.78 is 25.9. The highest BCUT2D eigenvalue weighted by Gasteiger charge is 2.31. The number of para-hydroxylation sites is 1. The number of rotatable bonds is 6. The van der Waals surface area contributed by atoms with Crippen LogP contribution in [-0.2, 0) is 14.8 Å². The van der Waals surface area contributed by atoms with E-state index in [0.717, 1.165) is 21.7 Å². The number of carbonyl (C=O) groups is 1. The van der Waals surface area contributed by atoms with Crippen LogP contribution in [0.5, 0.6) is 0 Å². The third-order valence-corrected chi connectivity index (χ3v) is 5.69. The van der Waals surface area contributed by atoms with Gasteiger partial charge < -0.3 is 5.32 Å². The fourth-order valence-corrected chi connectivity index (χ4v) is 4.19. The van der Waals surface area contributed by atoms with E-state index in [-0.39, 0.29) is 11.4 Å². The number of nitro benzene ring substituents is 1. The van der Waals surface area contributed by atoms with E-state index in [4.69, 9.17) is 0 Å². The Balaban J connectivity index is 2.48. The Morgan fingerprint density at radius 3 is 2.18 bits per heavy atom. The Bertz CT molecular complexity index is 1010. The van der Waals surface area contributed by atoms with E-state index in [9.17, 15) is 23.3 Å². The topological polar surface area (TPSA) is 110 Å². The number of nitro groups is 1. The zero-order valence-corrected chi connectivity index (χ0v) is 17.2. The average Bonchev–Trinajstić information content (AvgIpc) is 2.58. The average molecular weight is 405 g/mol. The molecule has 0 unspecified atom stereocenters. The molecule has 0 spiro atoms. The minimum Gasteiger partial charge on any atom is -0.324 e. The lowest BCUT2D eigenvalue weighted by atomic mass is 10.1. The number of anilines is 2. The lowest BCUT2D eigenvalue weighted by molar-refractivity contribution is -0.384. The number of nitrogens with zero attached hydrogens (tertiary/aromatic N) is 2. The zero-order chi connectivity index (χ0) is 21.2. The van der Waals surface area contributed by atoms with Gasteiger partial charge in [0, 0.05) is 17.8 Å². The Kier molecular flexibility index (Phi) is 6.08. The molecule has 0 bridgehead atoms. The second kappa shape index (κ2) is 7.97. The van der Waals surface area contributed by atoms with Crippen molar-refractivity contribution in [3.05, 3.63) is 63.2 Å². The third-order valence-electron chi connectivity index (χ3n) is 4.46. The van der Waals surface area contributed by atoms with Gasteiger partial charge in [0.1, 0.15) is 6.04 Å². The Hall–Kier alpha value is -2.94. The van der Waals surface area contributed by atoms with E-state index in [0.29, 0.717) is 11.3 Å². The number of hydrogen-bond acceptors (Lipinski definition) is 5. The number of nitrogens with one attached hydrogen (secondary N) is 1. The maximum Gasteiger partial charge on any atom is 0.271 e. The molecule has 2 aromatic carbocycles. The predicted molar refractivity (Wildman–Crippen MR) is 109 cm³/mol. The second-order valence-electron chi connectivity index (χ2n) is 6.72. The molecular formula is C19H23N3O5S. The lowest BCUT2D eigenvalue weighted by Gasteiger charge is -2.29. The molecule has 0 saturated heterocycles. The van der Waals surface area contributed by atoms with E-state index >= 15 is 0 Å². The molecule has 1 N–H and O–H groups in total. The van der Waals surface area contributed by atoms with Crippen molar-refractivity contribution in [2.75, 3.05) is 15.9 Å². The predicted octanol–water partition coefficient (Wildman–Crippen LogP) is 3.31. The summed E-state index contributed by atoms with van der Waals surface area (Å²) >= 11 is 0. The van der Waals surface area contributed by atoms with Crippen LogP contribution in [0.3, 0.4) is 0 Å². The highest BCUT2D eigenvalue weighted by molar-refractivity contribution is 7.92. The highest BCUT2D eigenvalue weighted by Crippen LogP contribution is 2.30. The lowest BCUT2D eigenvalue weighted by Crippen LogP contribution is -2.45. The largest absolute Gasteiger partial charge is 0.324 e. The first kappa shape index (κ1) is 21.4. The van der Waals surface area contributed by atoms with Gasteiger partial charge in [-0.25, -0.2) is 8.42 Å². The van der Waals surface area contributed by atoms with Crippen LogP contribution in [-0.4, -0.2) is 31.5 Å². The first-order valence-electron chi connectivity index (χ1n) is 8.55. The molecular weight excluding hydrogens is 382 g/mol. The van der Waals surface area contributed by atoms with Crippen molar-refractivity contribution in [2.45, 2.75) is 33.7 Å². The summed E-state index contributed by atoms with van der Waals surface area (Å²) in [5, 5.41) is 13.9. The van der Waals surface area contributed by atoms with Crippen molar-refractivity contribution in [2.24, 2.45) is 0 Å². The smallest absolute Gasteiger partial charge is 0.271 e. The standard InChI is InChI=1S/C19H23N3O5S/c1-12-9-10-16(22(24)25)11-17(12)21(28(5,26)27)15(4)19(23)20-18-13(2)7-6-8-14(18)3/h6-11,15H,1-5H3,(H,20,23)/t15-/m0/s1. The van der Waals surface area contributed by atoms with Gasteiger partial charge in [0.25, 0.3) is 5.69 Å². The Morgan fingerprint density at radius 1 is 1.11 bits per heavy atom. The summed E-state index contributed by atoms with van der Waals surface area (Å²) in [7, 11) is -3.89. The fourth-order valence-electron chi connectivity index (χ4n) is 2.97. The molecule has 0 heterocycles. The maximum atomic E-state index is 12.9. The monoisotopic (exact) mass is 405 g/mol. The van der Waals surface area contributed by atoms with Gasteiger partial charge in [0.15, 0.2) is 0 Å². The first-order chi connectivity index (χ1) is 12.9. The number of non-ortho nitro benzene ring substituents is 1. The summed E-state index contributed by atoms with van der Waals surface area (Å²) in [5.74, 6) is -0.534. The molecule has 1 atom stereocenters. The van der Waals surface area contributed by atoms with Crippen LogP contribution in [0.25, 0.3) is 0 Å². The minimum atomic E-state index is -3.89. The second-order valence-corrected chi connectivity index (χ2v) is 8.58. The molecule has 9 heteroatoms. The van der Waals surface area contributed by atoms with Gasteiger partial charge in [-0.1, -0.05) is 24.3 Å². The molecule has 150 valence electrons. The molecule has 0 aromatic heterocycles. The molecule has 0 radical (unpaired) electrons. The molecule has 8 nitrogen and oxygen atoms in total. The van der Waals surface area contributed by atoms with Crippen LogP contribution in [0.15, 0.2) is 36.4 Å². The maximum absolute atomic E-state index is 12.9. The molecule has 28 heavy (non-hydrogen) atoms. The Morgan fingerprint density at radius 2 is 1.68 bits per heavy atom. The molecule has 2 aromatic rings. The van der Waals surface area contributed by atoms with Crippen molar-refractivity contribution >= 4 is 33.0 Å². The summed E-state index contributed by atoms with van der Waals surface area (Å²) in [6.07, 6.45) is 0.966. The number of amides is 1. The van der Waals surface area contributed by atoms with E-state index in [1.807, 2.05) is 32.0 Å². The first-order valence-corrected chi connectivity index (χ1v) is 10.4. The van der Waals surface area contributed by atoms with Crippen molar-refractivity contribution in [3.8, 4) is 0 Å². The van der Waals surface area contributed by atoms with E-state index in [1.165, 1.54) is 25.1 Å². The number of hydrogen-bond donors (Lipinski definition) is 1. The molecule has 0 aliphatic heterocycles. The molecule has 0 aliphatic carbocycles. The van der Waals surface area contributed by atoms with Crippen LogP contribution in [0.1, 0.15) is 23.6 Å². The van der Waals surface area contributed by atoms with Crippen LogP contribution in [0, 0.1) is 30.9 Å². The van der Waals surface area contributed by atoms with E-state index in [2.05, 4.69) is 5.32 Å². The fraction of sp³-hybridized carbons (Fsp3) is 0.316. The van der Waals surface area contributed by atoms with Crippen LogP contribution >= 0.6 is 0 Å². The van der Waals surface area contributed by atoms with E-state index in [1.54, 1.807) is 6.92 Å². The summed E-state index contributed by atoms with van der Waals surface area (Å²) in [5.41, 5.74) is 2.65. The third kappa shape index (κ3) is 4.48. The van der Waals surface area contributed by atoms with Crippen LogP contribution in [0.4, 0.5) is 17.1 Å². The van der Waals surface area contributed by atoms with Gasteiger partial charge in [-0.05, 0) is 44.4 Å². The molecule has 0 saturated carbocycles. The number of benzene rings is 2. The minimum absolute atomic E-state index is 0.0980. The van der Waals surface area contributed by atoms with Crippen molar-refractivity contribution < 1.29 is 18.1 Å². The van der Waals surface area contributed by atoms with Gasteiger partial charge in [-0.2, -0.15) is 0 Å². The van der Waals surface area contributed by atoms with Gasteiger partial charge in [0.2, 0.25) is 15.9 Å². The molecule has 2 rings (SSSR count). The molecule has 0 fully saturated rings. The van der Waals surface area contributed by atoms with Crippen molar-refractivity contribution in [1.82, 2.24) is 0 Å². The van der Waals surface area contributed by atoms with Gasteiger partial charge in [0.05, 0.1) is 16.9 Å². The normalized spacial score (nSPS) is 12.3. The number of aryl methyl sites for hydroxylation is 3. The summed E-state index contributed by atoms with van der Waals surface area (Å²) in [4.78, 5) is 23.4. The zero-order valence-electron chi connectivity index (χ0n) is 16.4. The SMILES string of the molecule is Cc1ccc([N+](=O)[O-])cc1N([C@@H](C)C(=O)Nc1c(C)cccc1C)S(C)(=O)=O. The van der Waals surface area contributed by atoms with Gasteiger partial charge in [-0.15, -0.1) is 0 Å². The van der Waals surface area contributed by atoms with Crippen LogP contribution < -0.4 is 9.62 Å². The van der Waals surface area contributed by atoms with Gasteiger partial charge >= 0.3 is 0 Å². The summed E-state index contributed by atoms with van der Waals surface area (Å²) in [6.45, 7) is 6.76. The molecule has 0 aliphatic rings. The quantitative estimate of drug-likeness (QED) is 0.586.